The van der Waals surface area contributed by atoms with Crippen LogP contribution in [-0.2, 0) is 8.37 Å². The van der Waals surface area contributed by atoms with Gasteiger partial charge in [0.05, 0.1) is 25.4 Å². The lowest BCUT2D eigenvalue weighted by Gasteiger charge is -2.50. The lowest BCUT2D eigenvalue weighted by Crippen LogP contribution is -2.30. The zero-order valence-corrected chi connectivity index (χ0v) is 32.7. The molecule has 0 aliphatic heterocycles. The third-order valence-corrected chi connectivity index (χ3v) is 18.4. The van der Waals surface area contributed by atoms with Crippen LogP contribution in [-0.4, -0.2) is 45.1 Å². The maximum Gasteiger partial charge on any atom is 0.0654 e. The third kappa shape index (κ3) is 8.38. The lowest BCUT2D eigenvalue weighted by atomic mass is 10.1. The molecule has 272 valence electrons. The Hall–Kier alpha value is -2.58. The van der Waals surface area contributed by atoms with E-state index in [0.29, 0.717) is 13.2 Å². The maximum atomic E-state index is 10.3. The topological polar surface area (TPSA) is 58.9 Å². The maximum absolute atomic E-state index is 10.3. The smallest absolute Gasteiger partial charge is 0.0654 e. The second kappa shape index (κ2) is 16.8. The van der Waals surface area contributed by atoms with Gasteiger partial charge in [-0.15, -0.1) is 0 Å². The molecule has 4 aromatic carbocycles. The predicted octanol–water partition coefficient (Wildman–Crippen LogP) is 11.6. The van der Waals surface area contributed by atoms with Crippen molar-refractivity contribution in [1.29, 1.82) is 0 Å². The van der Waals surface area contributed by atoms with Gasteiger partial charge in [-0.3, -0.25) is 0 Å². The van der Waals surface area contributed by atoms with Crippen molar-refractivity contribution < 1.29 is 18.6 Å². The average Bonchev–Trinajstić information content (AvgIpc) is 3.73. The summed E-state index contributed by atoms with van der Waals surface area (Å²) < 4.78 is 13.6. The van der Waals surface area contributed by atoms with E-state index in [1.807, 2.05) is 0 Å². The molecular formula is C44H60O4S2. The van der Waals surface area contributed by atoms with E-state index in [9.17, 15) is 10.2 Å². The van der Waals surface area contributed by atoms with Gasteiger partial charge in [0.1, 0.15) is 0 Å². The van der Waals surface area contributed by atoms with Crippen molar-refractivity contribution in [2.24, 2.45) is 11.8 Å². The Morgan fingerprint density at radius 2 is 0.720 bits per heavy atom. The highest BCUT2D eigenvalue weighted by Crippen LogP contribution is 2.72. The first kappa shape index (κ1) is 38.6. The van der Waals surface area contributed by atoms with Crippen LogP contribution in [0.1, 0.15) is 80.1 Å². The molecule has 4 atom stereocenters. The van der Waals surface area contributed by atoms with Gasteiger partial charge < -0.3 is 18.6 Å². The second-order valence-corrected chi connectivity index (χ2v) is 22.7. The molecule has 2 N–H and O–H groups in total. The molecule has 0 amide bonds. The summed E-state index contributed by atoms with van der Waals surface area (Å²) in [5.41, 5.74) is 0. The molecular weight excluding hydrogens is 657 g/mol. The third-order valence-electron chi connectivity index (χ3n) is 10.2. The molecule has 2 aliphatic rings. The van der Waals surface area contributed by atoms with Crippen LogP contribution in [0.15, 0.2) is 141 Å². The molecule has 0 unspecified atom stereocenters. The number of hydrogen-bond acceptors (Lipinski definition) is 4. The van der Waals surface area contributed by atoms with Crippen LogP contribution >= 0.6 is 20.6 Å². The van der Waals surface area contributed by atoms with E-state index in [-0.39, 0.29) is 33.5 Å². The van der Waals surface area contributed by atoms with E-state index in [4.69, 9.17) is 8.37 Å². The van der Waals surface area contributed by atoms with E-state index in [2.05, 4.69) is 163 Å². The van der Waals surface area contributed by atoms with Gasteiger partial charge in [0.15, 0.2) is 0 Å². The highest BCUT2D eigenvalue weighted by molar-refractivity contribution is 8.31. The van der Waals surface area contributed by atoms with E-state index in [1.54, 1.807) is 0 Å². The van der Waals surface area contributed by atoms with E-state index in [1.165, 1.54) is 19.6 Å². The van der Waals surface area contributed by atoms with Crippen molar-refractivity contribution in [1.82, 2.24) is 0 Å². The quantitative estimate of drug-likeness (QED) is 0.172. The zero-order valence-electron chi connectivity index (χ0n) is 31.0. The minimum Gasteiger partial charge on any atom is -0.393 e. The molecule has 2 fully saturated rings. The summed E-state index contributed by atoms with van der Waals surface area (Å²) in [4.78, 5) is 5.00. The zero-order chi connectivity index (χ0) is 35.8. The van der Waals surface area contributed by atoms with Crippen molar-refractivity contribution in [2.45, 2.75) is 121 Å². The Balaban J connectivity index is 0.000000194. The Labute approximate surface area is 305 Å². The van der Waals surface area contributed by atoms with Crippen molar-refractivity contribution >= 4 is 20.6 Å². The van der Waals surface area contributed by atoms with Crippen LogP contribution in [0, 0.1) is 11.8 Å². The molecule has 2 saturated carbocycles. The molecule has 6 rings (SSSR count). The minimum absolute atomic E-state index is 0.0563. The number of rotatable bonds is 10. The van der Waals surface area contributed by atoms with Gasteiger partial charge in [-0.2, -0.15) is 0 Å². The summed E-state index contributed by atoms with van der Waals surface area (Å²) in [6.07, 6.45) is 5.69. The number of aliphatic hydroxyl groups excluding tert-OH is 2. The number of aliphatic hydroxyl groups is 2. The van der Waals surface area contributed by atoms with Gasteiger partial charge in [0, 0.05) is 40.9 Å². The van der Waals surface area contributed by atoms with Crippen molar-refractivity contribution in [2.75, 3.05) is 13.2 Å². The molecule has 0 spiro atoms. The molecule has 4 aromatic rings. The minimum atomic E-state index is -1.69. The van der Waals surface area contributed by atoms with Crippen LogP contribution < -0.4 is 0 Å². The van der Waals surface area contributed by atoms with Gasteiger partial charge in [0.25, 0.3) is 0 Å². The van der Waals surface area contributed by atoms with E-state index >= 15 is 0 Å². The normalized spacial score (nSPS) is 22.1. The fourth-order valence-corrected chi connectivity index (χ4v) is 15.1. The summed E-state index contributed by atoms with van der Waals surface area (Å²) in [5, 5.41) is 20.5. The molecule has 0 bridgehead atoms. The van der Waals surface area contributed by atoms with Crippen LogP contribution in [0.2, 0.25) is 0 Å². The Morgan fingerprint density at radius 3 is 0.920 bits per heavy atom. The van der Waals surface area contributed by atoms with Gasteiger partial charge in [-0.1, -0.05) is 106 Å². The van der Waals surface area contributed by atoms with Gasteiger partial charge in [0.2, 0.25) is 0 Å². The van der Waals surface area contributed by atoms with Gasteiger partial charge in [-0.05, 0) is 116 Å². The predicted molar refractivity (Wildman–Crippen MR) is 212 cm³/mol. The highest BCUT2D eigenvalue weighted by Gasteiger charge is 2.44. The Kier molecular flexibility index (Phi) is 13.0. The Morgan fingerprint density at radius 1 is 0.460 bits per heavy atom. The van der Waals surface area contributed by atoms with Gasteiger partial charge >= 0.3 is 0 Å². The van der Waals surface area contributed by atoms with Crippen LogP contribution in [0.25, 0.3) is 0 Å². The standard InChI is InChI=1S/2C22H30O2S/c2*1-22(2,3)25(19-12-6-4-7-13-19,20-14-8-5-9-15-20)24-17-18-11-10-16-21(18)23/h2*4-9,12-15,18,21,23H,10-11,16-17H2,1-3H3/t2*18-,21+/m00/s1. The molecule has 4 nitrogen and oxygen atoms in total. The molecule has 50 heavy (non-hydrogen) atoms. The first-order valence-corrected chi connectivity index (χ1v) is 21.5. The Bertz CT molecular complexity index is 1370. The van der Waals surface area contributed by atoms with Crippen LogP contribution in [0.5, 0.6) is 0 Å². The fraction of sp³-hybridized carbons (Fsp3) is 0.455. The molecule has 6 heteroatoms. The van der Waals surface area contributed by atoms with Crippen molar-refractivity contribution in [3.05, 3.63) is 121 Å². The molecule has 0 aromatic heterocycles. The summed E-state index contributed by atoms with van der Waals surface area (Å²) in [6, 6.07) is 42.5. The molecule has 0 heterocycles. The molecule has 2 aliphatic carbocycles. The van der Waals surface area contributed by atoms with Gasteiger partial charge in [-0.25, -0.2) is 0 Å². The fourth-order valence-electron chi connectivity index (χ4n) is 7.56. The largest absolute Gasteiger partial charge is 0.393 e. The lowest BCUT2D eigenvalue weighted by molar-refractivity contribution is 0.102. The summed E-state index contributed by atoms with van der Waals surface area (Å²) in [6.45, 7) is 14.9. The monoisotopic (exact) mass is 716 g/mol. The average molecular weight is 717 g/mol. The molecule has 0 saturated heterocycles. The highest BCUT2D eigenvalue weighted by atomic mass is 32.3. The first-order valence-electron chi connectivity index (χ1n) is 18.4. The van der Waals surface area contributed by atoms with E-state index in [0.717, 1.165) is 38.5 Å². The summed E-state index contributed by atoms with van der Waals surface area (Å²) in [5.74, 6) is 0.503. The van der Waals surface area contributed by atoms with Crippen molar-refractivity contribution in [3.8, 4) is 0 Å². The number of benzene rings is 4. The van der Waals surface area contributed by atoms with E-state index < -0.39 is 20.6 Å². The van der Waals surface area contributed by atoms with Crippen molar-refractivity contribution in [3.63, 3.8) is 0 Å². The number of hydrogen-bond donors (Lipinski definition) is 2. The van der Waals surface area contributed by atoms with Crippen LogP contribution in [0.3, 0.4) is 0 Å². The first-order chi connectivity index (χ1) is 23.9. The SMILES string of the molecule is CC(C)(C)S(OC[C@@H]1CCC[C@H]1O)(c1ccccc1)c1ccccc1.CC(C)(C)S(OC[C@@H]1CCC[C@H]1O)(c1ccccc1)c1ccccc1. The van der Waals surface area contributed by atoms with Crippen LogP contribution in [0.4, 0.5) is 0 Å². The second-order valence-electron chi connectivity index (χ2n) is 15.7. The summed E-state index contributed by atoms with van der Waals surface area (Å²) in [7, 11) is -3.38. The summed E-state index contributed by atoms with van der Waals surface area (Å²) >= 11 is 0. The molecule has 0 radical (unpaired) electrons.